The fraction of sp³-hybridized carbons (Fsp3) is 0.583. The van der Waals surface area contributed by atoms with Gasteiger partial charge in [0.05, 0.1) is 36.9 Å². The molecule has 0 unspecified atom stereocenters. The molecule has 4 aromatic heterocycles. The average molecular weight is 603 g/mol. The molecule has 2 aliphatic carbocycles. The summed E-state index contributed by atoms with van der Waals surface area (Å²) >= 11 is 0. The van der Waals surface area contributed by atoms with Crippen molar-refractivity contribution in [1.82, 2.24) is 39.0 Å². The molecule has 0 bridgehead atoms. The number of hydrogen-bond acceptors (Lipinski definition) is 15. The Morgan fingerprint density at radius 1 is 0.762 bits per heavy atom. The predicted octanol–water partition coefficient (Wildman–Crippen LogP) is 1.40. The van der Waals surface area contributed by atoms with Gasteiger partial charge in [0.25, 0.3) is 0 Å². The molecule has 42 heavy (non-hydrogen) atoms. The lowest BCUT2D eigenvalue weighted by Gasteiger charge is -2.19. The minimum Gasteiger partial charge on any atom is -0.368 e. The van der Waals surface area contributed by atoms with E-state index in [1.54, 1.807) is 12.7 Å². The van der Waals surface area contributed by atoms with Crippen molar-refractivity contribution in [2.45, 2.75) is 50.0 Å². The summed E-state index contributed by atoms with van der Waals surface area (Å²) in [5.41, 5.74) is 13.5. The maximum atomic E-state index is 12.4. The molecular weight excluding hydrogens is 567 g/mol. The summed E-state index contributed by atoms with van der Waals surface area (Å²) in [5.74, 6) is 1.63. The van der Waals surface area contributed by atoms with E-state index in [2.05, 4.69) is 29.9 Å². The first-order valence-electron chi connectivity index (χ1n) is 13.5. The average Bonchev–Trinajstić information content (AvgIpc) is 3.80. The van der Waals surface area contributed by atoms with Crippen LogP contribution in [0.1, 0.15) is 25.7 Å². The molecule has 2 saturated carbocycles. The number of ether oxygens (including phenoxy) is 2. The molecule has 0 aliphatic heterocycles. The van der Waals surface area contributed by atoms with Gasteiger partial charge in [-0.15, -0.1) is 0 Å². The van der Waals surface area contributed by atoms with Gasteiger partial charge in [0.15, 0.2) is 47.5 Å². The van der Waals surface area contributed by atoms with Crippen molar-refractivity contribution in [3.05, 3.63) is 12.7 Å². The second-order valence-corrected chi connectivity index (χ2v) is 12.2. The minimum absolute atomic E-state index is 0.170. The van der Waals surface area contributed by atoms with Crippen LogP contribution in [-0.2, 0) is 36.2 Å². The first kappa shape index (κ1) is 28.5. The van der Waals surface area contributed by atoms with Gasteiger partial charge in [-0.3, -0.25) is 13.6 Å². The summed E-state index contributed by atoms with van der Waals surface area (Å²) in [4.78, 5) is 29.9. The molecule has 4 aromatic rings. The topological polar surface area (TPSA) is 200 Å². The first-order valence-corrected chi connectivity index (χ1v) is 14.7. The lowest BCUT2D eigenvalue weighted by Crippen LogP contribution is -2.23. The van der Waals surface area contributed by atoms with Gasteiger partial charge in [-0.1, -0.05) is 0 Å². The highest BCUT2D eigenvalue weighted by Gasteiger charge is 2.46. The summed E-state index contributed by atoms with van der Waals surface area (Å²) in [7, 11) is 4.65. The molecule has 17 nitrogen and oxygen atoms in total. The Morgan fingerprint density at radius 2 is 1.17 bits per heavy atom. The van der Waals surface area contributed by atoms with Crippen LogP contribution < -0.4 is 21.3 Å². The van der Waals surface area contributed by atoms with Crippen molar-refractivity contribution >= 4 is 54.1 Å². The summed E-state index contributed by atoms with van der Waals surface area (Å²) < 4.78 is 38.8. The molecule has 4 N–H and O–H groups in total. The van der Waals surface area contributed by atoms with Gasteiger partial charge in [-0.25, -0.2) is 9.97 Å². The number of aromatic nitrogens is 8. The van der Waals surface area contributed by atoms with Crippen LogP contribution in [0.5, 0.6) is 0 Å². The molecule has 2 fully saturated rings. The van der Waals surface area contributed by atoms with Crippen molar-refractivity contribution in [3.63, 3.8) is 0 Å². The third-order valence-corrected chi connectivity index (χ3v) is 8.10. The maximum Gasteiger partial charge on any atom is 0.323 e. The van der Waals surface area contributed by atoms with Crippen molar-refractivity contribution < 1.29 is 23.1 Å². The van der Waals surface area contributed by atoms with Gasteiger partial charge in [0.1, 0.15) is 0 Å². The Labute approximate surface area is 242 Å². The number of nitrogen functional groups attached to an aromatic ring is 2. The van der Waals surface area contributed by atoms with Gasteiger partial charge < -0.3 is 39.9 Å². The standard InChI is InChI=1S/C24H35N12O5P/c1-33(2)17-15-19(31-21(25)29-17)35(11-27-15)9-23(5-6-23)38-13-40-42(37)41-14-39-24(7-8-24)10-36-12-28-16-18(34(3)4)30-22(26)32-20(16)36/h11-12,42H,5-10,13-14H2,1-4H3,(H2,25,29,31)(H2,26,30,32). The number of nitrogens with zero attached hydrogens (tertiary/aromatic N) is 10. The molecule has 0 atom stereocenters. The normalized spacial score (nSPS) is 16.9. The summed E-state index contributed by atoms with van der Waals surface area (Å²) in [6.45, 7) is 0.649. The van der Waals surface area contributed by atoms with Crippen LogP contribution >= 0.6 is 8.25 Å². The van der Waals surface area contributed by atoms with E-state index in [4.69, 9.17) is 30.0 Å². The highest BCUT2D eigenvalue weighted by Crippen LogP contribution is 2.44. The van der Waals surface area contributed by atoms with E-state index in [-0.39, 0.29) is 25.5 Å². The summed E-state index contributed by atoms with van der Waals surface area (Å²) in [6, 6.07) is 0. The van der Waals surface area contributed by atoms with Crippen LogP contribution in [0.4, 0.5) is 23.5 Å². The Balaban J connectivity index is 0.980. The second-order valence-electron chi connectivity index (χ2n) is 11.1. The Bertz CT molecular complexity index is 1510. The predicted molar refractivity (Wildman–Crippen MR) is 155 cm³/mol. The smallest absolute Gasteiger partial charge is 0.323 e. The lowest BCUT2D eigenvalue weighted by molar-refractivity contribution is -0.0808. The molecule has 0 amide bonds. The zero-order valence-corrected chi connectivity index (χ0v) is 25.0. The first-order chi connectivity index (χ1) is 20.1. The number of hydrogen-bond donors (Lipinski definition) is 2. The van der Waals surface area contributed by atoms with Crippen LogP contribution in [0.3, 0.4) is 0 Å². The van der Waals surface area contributed by atoms with E-state index in [1.807, 2.05) is 47.1 Å². The number of rotatable bonds is 14. The fourth-order valence-electron chi connectivity index (χ4n) is 4.79. The van der Waals surface area contributed by atoms with Gasteiger partial charge in [0, 0.05) is 28.2 Å². The molecule has 6 rings (SSSR count). The van der Waals surface area contributed by atoms with Crippen molar-refractivity contribution in [3.8, 4) is 0 Å². The van der Waals surface area contributed by atoms with Crippen molar-refractivity contribution in [2.75, 3.05) is 63.0 Å². The van der Waals surface area contributed by atoms with Crippen LogP contribution in [0, 0.1) is 0 Å². The third-order valence-electron chi connectivity index (χ3n) is 7.39. The lowest BCUT2D eigenvalue weighted by atomic mass is 10.3. The second kappa shape index (κ2) is 10.9. The number of nitrogens with two attached hydrogens (primary N) is 2. The number of imidazole rings is 2. The summed E-state index contributed by atoms with van der Waals surface area (Å²) in [6.07, 6.45) is 6.67. The SMILES string of the molecule is CN(C)c1nc(N)nc2c1ncn2CC1(OCO[PH](=O)OCOC2(Cn3cnc4c(N(C)C)nc(N)nc43)CC2)CC1. The highest BCUT2D eigenvalue weighted by atomic mass is 31.1. The number of fused-ring (bicyclic) bond motifs is 2. The molecule has 4 heterocycles. The van der Waals surface area contributed by atoms with E-state index in [0.717, 1.165) is 25.7 Å². The van der Waals surface area contributed by atoms with Crippen LogP contribution in [0.25, 0.3) is 22.3 Å². The van der Waals surface area contributed by atoms with Crippen molar-refractivity contribution in [2.24, 2.45) is 0 Å². The van der Waals surface area contributed by atoms with E-state index in [1.165, 1.54) is 0 Å². The molecule has 0 radical (unpaired) electrons. The van der Waals surface area contributed by atoms with Gasteiger partial charge in [0.2, 0.25) is 11.9 Å². The van der Waals surface area contributed by atoms with Gasteiger partial charge in [-0.05, 0) is 25.7 Å². The van der Waals surface area contributed by atoms with E-state index in [9.17, 15) is 4.57 Å². The monoisotopic (exact) mass is 602 g/mol. The molecular formula is C24H35N12O5P. The fourth-order valence-corrected chi connectivity index (χ4v) is 5.18. The third kappa shape index (κ3) is 5.83. The minimum atomic E-state index is -2.83. The van der Waals surface area contributed by atoms with Crippen LogP contribution in [-0.4, -0.2) is 92.0 Å². The Kier molecular flexibility index (Phi) is 7.39. The van der Waals surface area contributed by atoms with Crippen molar-refractivity contribution in [1.29, 1.82) is 0 Å². The quantitative estimate of drug-likeness (QED) is 0.155. The molecule has 18 heteroatoms. The maximum absolute atomic E-state index is 12.4. The largest absolute Gasteiger partial charge is 0.368 e. The zero-order chi connectivity index (χ0) is 29.6. The van der Waals surface area contributed by atoms with E-state index < -0.39 is 19.5 Å². The molecule has 2 aliphatic rings. The molecule has 0 saturated heterocycles. The molecule has 226 valence electrons. The van der Waals surface area contributed by atoms with E-state index in [0.29, 0.717) is 47.1 Å². The zero-order valence-electron chi connectivity index (χ0n) is 24.0. The van der Waals surface area contributed by atoms with Gasteiger partial charge >= 0.3 is 8.25 Å². The highest BCUT2D eigenvalue weighted by molar-refractivity contribution is 7.33. The van der Waals surface area contributed by atoms with E-state index >= 15 is 0 Å². The molecule has 0 aromatic carbocycles. The molecule has 0 spiro atoms. The number of anilines is 4. The van der Waals surface area contributed by atoms with Gasteiger partial charge in [-0.2, -0.15) is 19.9 Å². The summed E-state index contributed by atoms with van der Waals surface area (Å²) in [5, 5.41) is 0. The Hall–Kier alpha value is -3.63. The Morgan fingerprint density at radius 3 is 1.52 bits per heavy atom. The van der Waals surface area contributed by atoms with Crippen LogP contribution in [0.15, 0.2) is 12.7 Å². The van der Waals surface area contributed by atoms with Crippen LogP contribution in [0.2, 0.25) is 0 Å².